The normalized spacial score (nSPS) is 11.5. The molecule has 7 heteroatoms. The van der Waals surface area contributed by atoms with Crippen LogP contribution in [0.3, 0.4) is 0 Å². The predicted molar refractivity (Wildman–Crippen MR) is 103 cm³/mol. The topological polar surface area (TPSA) is 72.1 Å². The molecule has 0 radical (unpaired) electrons. The summed E-state index contributed by atoms with van der Waals surface area (Å²) in [5.74, 6) is 0.832. The molecular formula is C19H25N7. The van der Waals surface area contributed by atoms with Crippen molar-refractivity contribution in [1.29, 1.82) is 0 Å². The minimum atomic E-state index is 0.832. The van der Waals surface area contributed by atoms with Gasteiger partial charge in [0.15, 0.2) is 5.96 Å². The first kappa shape index (κ1) is 17.7. The second-order valence-electron chi connectivity index (χ2n) is 5.92. The van der Waals surface area contributed by atoms with Crippen LogP contribution in [-0.2, 0) is 13.0 Å². The zero-order valence-electron chi connectivity index (χ0n) is 15.0. The summed E-state index contributed by atoms with van der Waals surface area (Å²) in [5.41, 5.74) is 2.35. The SMILES string of the molecule is CN=C(NCCCn1cccn1)NCCc1ccc(-n2cccn2)cc1. The highest BCUT2D eigenvalue weighted by molar-refractivity contribution is 5.79. The van der Waals surface area contributed by atoms with Gasteiger partial charge in [0.2, 0.25) is 0 Å². The highest BCUT2D eigenvalue weighted by Gasteiger charge is 2.00. The van der Waals surface area contributed by atoms with Gasteiger partial charge in [-0.3, -0.25) is 9.67 Å². The number of rotatable bonds is 8. The summed E-state index contributed by atoms with van der Waals surface area (Å²) in [6, 6.07) is 12.3. The summed E-state index contributed by atoms with van der Waals surface area (Å²) in [4.78, 5) is 4.26. The molecule has 2 aromatic heterocycles. The van der Waals surface area contributed by atoms with Crippen molar-refractivity contribution in [2.45, 2.75) is 19.4 Å². The maximum Gasteiger partial charge on any atom is 0.190 e. The Morgan fingerprint density at radius 3 is 2.46 bits per heavy atom. The highest BCUT2D eigenvalue weighted by Crippen LogP contribution is 2.08. The lowest BCUT2D eigenvalue weighted by molar-refractivity contribution is 0.570. The van der Waals surface area contributed by atoms with E-state index in [1.165, 1.54) is 5.56 Å². The summed E-state index contributed by atoms with van der Waals surface area (Å²) >= 11 is 0. The van der Waals surface area contributed by atoms with E-state index in [1.807, 2.05) is 33.9 Å². The zero-order chi connectivity index (χ0) is 18.0. The second kappa shape index (κ2) is 9.41. The Bertz CT molecular complexity index is 774. The monoisotopic (exact) mass is 351 g/mol. The van der Waals surface area contributed by atoms with Gasteiger partial charge in [0.25, 0.3) is 0 Å². The van der Waals surface area contributed by atoms with Gasteiger partial charge in [-0.05, 0) is 42.7 Å². The van der Waals surface area contributed by atoms with Crippen LogP contribution in [0.25, 0.3) is 5.69 Å². The van der Waals surface area contributed by atoms with E-state index in [2.05, 4.69) is 50.1 Å². The van der Waals surface area contributed by atoms with Gasteiger partial charge in [0.05, 0.1) is 5.69 Å². The minimum absolute atomic E-state index is 0.832. The Morgan fingerprint density at radius 1 is 1.00 bits per heavy atom. The molecule has 3 aromatic rings. The van der Waals surface area contributed by atoms with Crippen LogP contribution in [0, 0.1) is 0 Å². The van der Waals surface area contributed by atoms with Crippen LogP contribution in [0.4, 0.5) is 0 Å². The van der Waals surface area contributed by atoms with E-state index in [1.54, 1.807) is 19.4 Å². The average molecular weight is 351 g/mol. The molecule has 2 heterocycles. The second-order valence-corrected chi connectivity index (χ2v) is 5.92. The smallest absolute Gasteiger partial charge is 0.190 e. The van der Waals surface area contributed by atoms with E-state index < -0.39 is 0 Å². The van der Waals surface area contributed by atoms with Gasteiger partial charge in [-0.25, -0.2) is 4.68 Å². The lowest BCUT2D eigenvalue weighted by atomic mass is 10.1. The molecule has 0 spiro atoms. The van der Waals surface area contributed by atoms with Crippen molar-refractivity contribution >= 4 is 5.96 Å². The Balaban J connectivity index is 1.36. The van der Waals surface area contributed by atoms with Crippen LogP contribution in [0.5, 0.6) is 0 Å². The molecule has 3 rings (SSSR count). The van der Waals surface area contributed by atoms with Gasteiger partial charge in [-0.1, -0.05) is 12.1 Å². The fourth-order valence-electron chi connectivity index (χ4n) is 2.66. The van der Waals surface area contributed by atoms with Crippen molar-refractivity contribution < 1.29 is 0 Å². The quantitative estimate of drug-likeness (QED) is 0.369. The van der Waals surface area contributed by atoms with E-state index in [0.29, 0.717) is 0 Å². The molecular weight excluding hydrogens is 326 g/mol. The summed E-state index contributed by atoms with van der Waals surface area (Å²) in [5, 5.41) is 15.1. The molecule has 2 N–H and O–H groups in total. The maximum absolute atomic E-state index is 4.26. The molecule has 26 heavy (non-hydrogen) atoms. The molecule has 0 amide bonds. The van der Waals surface area contributed by atoms with Gasteiger partial charge in [-0.15, -0.1) is 0 Å². The first-order valence-electron chi connectivity index (χ1n) is 8.86. The molecule has 136 valence electrons. The van der Waals surface area contributed by atoms with Crippen LogP contribution in [-0.4, -0.2) is 45.7 Å². The Hall–Kier alpha value is -3.09. The number of nitrogens with one attached hydrogen (secondary N) is 2. The van der Waals surface area contributed by atoms with E-state index in [4.69, 9.17) is 0 Å². The van der Waals surface area contributed by atoms with Crippen molar-refractivity contribution in [3.8, 4) is 5.69 Å². The van der Waals surface area contributed by atoms with Crippen LogP contribution in [0.2, 0.25) is 0 Å². The molecule has 0 aliphatic heterocycles. The number of benzene rings is 1. The third-order valence-electron chi connectivity index (χ3n) is 4.05. The Morgan fingerprint density at radius 2 is 1.77 bits per heavy atom. The largest absolute Gasteiger partial charge is 0.356 e. The highest BCUT2D eigenvalue weighted by atomic mass is 15.3. The van der Waals surface area contributed by atoms with Gasteiger partial charge in [0, 0.05) is 51.5 Å². The fraction of sp³-hybridized carbons (Fsp3) is 0.316. The molecule has 0 bridgehead atoms. The molecule has 0 fully saturated rings. The average Bonchev–Trinajstić information content (AvgIpc) is 3.38. The van der Waals surface area contributed by atoms with Crippen molar-refractivity contribution in [1.82, 2.24) is 30.2 Å². The first-order chi connectivity index (χ1) is 12.8. The lowest BCUT2D eigenvalue weighted by Crippen LogP contribution is -2.39. The molecule has 0 saturated heterocycles. The first-order valence-corrected chi connectivity index (χ1v) is 8.86. The van der Waals surface area contributed by atoms with Crippen LogP contribution >= 0.6 is 0 Å². The number of aliphatic imine (C=N–C) groups is 1. The number of nitrogens with zero attached hydrogens (tertiary/aromatic N) is 5. The number of guanidine groups is 1. The predicted octanol–water partition coefficient (Wildman–Crippen LogP) is 1.87. The van der Waals surface area contributed by atoms with E-state index in [-0.39, 0.29) is 0 Å². The standard InChI is InChI=1S/C19H25N7/c1-20-19(21-10-2-14-25-15-3-11-23-25)22-13-9-17-5-7-18(8-6-17)26-16-4-12-24-26/h3-8,11-12,15-16H,2,9-10,13-14H2,1H3,(H2,20,21,22). The third-order valence-corrected chi connectivity index (χ3v) is 4.05. The van der Waals surface area contributed by atoms with E-state index in [0.717, 1.165) is 44.1 Å². The van der Waals surface area contributed by atoms with E-state index >= 15 is 0 Å². The number of hydrogen-bond donors (Lipinski definition) is 2. The van der Waals surface area contributed by atoms with Gasteiger partial charge in [-0.2, -0.15) is 10.2 Å². The summed E-state index contributed by atoms with van der Waals surface area (Å²) < 4.78 is 3.79. The zero-order valence-corrected chi connectivity index (χ0v) is 15.0. The molecule has 0 saturated carbocycles. The number of aryl methyl sites for hydroxylation is 1. The molecule has 0 aliphatic carbocycles. The van der Waals surface area contributed by atoms with E-state index in [9.17, 15) is 0 Å². The summed E-state index contributed by atoms with van der Waals surface area (Å²) in [6.07, 6.45) is 9.44. The van der Waals surface area contributed by atoms with Crippen LogP contribution < -0.4 is 10.6 Å². The van der Waals surface area contributed by atoms with Crippen LogP contribution in [0.1, 0.15) is 12.0 Å². The number of aromatic nitrogens is 4. The molecule has 1 aromatic carbocycles. The Labute approximate surface area is 153 Å². The molecule has 0 aliphatic rings. The van der Waals surface area contributed by atoms with Crippen molar-refractivity contribution in [3.63, 3.8) is 0 Å². The van der Waals surface area contributed by atoms with Gasteiger partial charge >= 0.3 is 0 Å². The maximum atomic E-state index is 4.26. The van der Waals surface area contributed by atoms with Crippen molar-refractivity contribution in [3.05, 3.63) is 66.7 Å². The summed E-state index contributed by atoms with van der Waals surface area (Å²) in [6.45, 7) is 2.59. The number of hydrogen-bond acceptors (Lipinski definition) is 3. The van der Waals surface area contributed by atoms with Gasteiger partial charge in [0.1, 0.15) is 0 Å². The van der Waals surface area contributed by atoms with Crippen molar-refractivity contribution in [2.24, 2.45) is 4.99 Å². The Kier molecular flexibility index (Phi) is 6.41. The summed E-state index contributed by atoms with van der Waals surface area (Å²) in [7, 11) is 1.79. The lowest BCUT2D eigenvalue weighted by Gasteiger charge is -2.12. The fourth-order valence-corrected chi connectivity index (χ4v) is 2.66. The molecule has 7 nitrogen and oxygen atoms in total. The van der Waals surface area contributed by atoms with Crippen LogP contribution in [0.15, 0.2) is 66.2 Å². The molecule has 0 unspecified atom stereocenters. The van der Waals surface area contributed by atoms with Gasteiger partial charge < -0.3 is 10.6 Å². The minimum Gasteiger partial charge on any atom is -0.356 e. The third kappa shape index (κ3) is 5.20. The van der Waals surface area contributed by atoms with Crippen molar-refractivity contribution in [2.75, 3.05) is 20.1 Å². The molecule has 0 atom stereocenters.